The van der Waals surface area contributed by atoms with Crippen LogP contribution in [0, 0.1) is 12.3 Å². The van der Waals surface area contributed by atoms with E-state index in [9.17, 15) is 0 Å². The largest absolute Gasteiger partial charge is 0.495 e. The van der Waals surface area contributed by atoms with Crippen LogP contribution in [-0.2, 0) is 6.42 Å². The van der Waals surface area contributed by atoms with Crippen LogP contribution < -0.4 is 10.1 Å². The summed E-state index contributed by atoms with van der Waals surface area (Å²) in [6.45, 7) is 0. The molecule has 0 radical (unpaired) electrons. The molecular weight excluding hydrogens is 234 g/mol. The van der Waals surface area contributed by atoms with Gasteiger partial charge >= 0.3 is 0 Å². The fourth-order valence-corrected chi connectivity index (χ4v) is 1.95. The van der Waals surface area contributed by atoms with Crippen molar-refractivity contribution in [3.05, 3.63) is 60.2 Å². The molecule has 0 spiro atoms. The van der Waals surface area contributed by atoms with E-state index < -0.39 is 0 Å². The molecule has 96 valence electrons. The van der Waals surface area contributed by atoms with Crippen LogP contribution >= 0.6 is 0 Å². The molecule has 2 aromatic rings. The first-order valence-corrected chi connectivity index (χ1v) is 6.23. The van der Waals surface area contributed by atoms with E-state index in [2.05, 4.69) is 23.4 Å². The van der Waals surface area contributed by atoms with Crippen LogP contribution in [0.3, 0.4) is 0 Å². The molecule has 0 aromatic heterocycles. The molecule has 0 bridgehead atoms. The number of hydrogen-bond acceptors (Lipinski definition) is 2. The maximum Gasteiger partial charge on any atom is 0.141 e. The molecule has 0 amide bonds. The Hall–Kier alpha value is -2.40. The van der Waals surface area contributed by atoms with Gasteiger partial charge in [-0.3, -0.25) is 0 Å². The average Bonchev–Trinajstić information content (AvgIpc) is 2.48. The lowest BCUT2D eigenvalue weighted by Gasteiger charge is -2.16. The number of rotatable bonds is 5. The van der Waals surface area contributed by atoms with E-state index in [0.29, 0.717) is 0 Å². The highest BCUT2D eigenvalue weighted by Gasteiger charge is 2.09. The minimum atomic E-state index is -0.0568. The molecule has 2 nitrogen and oxygen atoms in total. The lowest BCUT2D eigenvalue weighted by molar-refractivity contribution is 0.416. The number of terminal acetylenes is 1. The summed E-state index contributed by atoms with van der Waals surface area (Å²) in [4.78, 5) is 0. The molecule has 19 heavy (non-hydrogen) atoms. The van der Waals surface area contributed by atoms with Gasteiger partial charge in [0.1, 0.15) is 5.75 Å². The molecule has 0 aliphatic rings. The topological polar surface area (TPSA) is 21.3 Å². The first-order valence-electron chi connectivity index (χ1n) is 6.23. The zero-order valence-corrected chi connectivity index (χ0v) is 11.0. The zero-order valence-electron chi connectivity index (χ0n) is 11.0. The van der Waals surface area contributed by atoms with Gasteiger partial charge in [-0.1, -0.05) is 48.4 Å². The standard InChI is InChI=1S/C17H17NO/c1-3-15(13-14-9-5-4-6-10-14)18-16-11-7-8-12-17(16)19-2/h1,4-12,15,18H,13H2,2H3/t15-/m1/s1. The van der Waals surface area contributed by atoms with Gasteiger partial charge in [-0.15, -0.1) is 6.42 Å². The van der Waals surface area contributed by atoms with E-state index in [1.807, 2.05) is 42.5 Å². The number of hydrogen-bond donors (Lipinski definition) is 1. The van der Waals surface area contributed by atoms with E-state index in [4.69, 9.17) is 11.2 Å². The third kappa shape index (κ3) is 3.53. The van der Waals surface area contributed by atoms with Gasteiger partial charge in [0.25, 0.3) is 0 Å². The zero-order chi connectivity index (χ0) is 13.5. The number of para-hydroxylation sites is 2. The summed E-state index contributed by atoms with van der Waals surface area (Å²) < 4.78 is 5.31. The normalized spacial score (nSPS) is 11.4. The Balaban J connectivity index is 2.10. The number of ether oxygens (including phenoxy) is 1. The lowest BCUT2D eigenvalue weighted by atomic mass is 10.1. The predicted molar refractivity (Wildman–Crippen MR) is 79.4 cm³/mol. The van der Waals surface area contributed by atoms with Crippen molar-refractivity contribution in [2.24, 2.45) is 0 Å². The molecule has 0 saturated heterocycles. The third-order valence-corrected chi connectivity index (χ3v) is 2.92. The van der Waals surface area contributed by atoms with Crippen molar-refractivity contribution in [1.82, 2.24) is 0 Å². The van der Waals surface area contributed by atoms with E-state index in [1.54, 1.807) is 7.11 Å². The van der Waals surface area contributed by atoms with E-state index in [0.717, 1.165) is 17.9 Å². The Morgan fingerprint density at radius 1 is 1.11 bits per heavy atom. The van der Waals surface area contributed by atoms with E-state index in [1.165, 1.54) is 5.56 Å². The lowest BCUT2D eigenvalue weighted by Crippen LogP contribution is -2.20. The highest BCUT2D eigenvalue weighted by atomic mass is 16.5. The minimum Gasteiger partial charge on any atom is -0.495 e. The predicted octanol–water partition coefficient (Wildman–Crippen LogP) is 3.35. The maximum absolute atomic E-state index is 5.61. The van der Waals surface area contributed by atoms with E-state index in [-0.39, 0.29) is 6.04 Å². The highest BCUT2D eigenvalue weighted by molar-refractivity contribution is 5.57. The summed E-state index contributed by atoms with van der Waals surface area (Å²) in [6.07, 6.45) is 6.39. The van der Waals surface area contributed by atoms with Gasteiger partial charge in [0.15, 0.2) is 0 Å². The Morgan fingerprint density at radius 2 is 1.79 bits per heavy atom. The molecule has 2 aromatic carbocycles. The maximum atomic E-state index is 5.61. The van der Waals surface area contributed by atoms with Crippen molar-refractivity contribution in [3.63, 3.8) is 0 Å². The number of anilines is 1. The second-order valence-corrected chi connectivity index (χ2v) is 4.25. The fraction of sp³-hybridized carbons (Fsp3) is 0.176. The van der Waals surface area contributed by atoms with Gasteiger partial charge in [-0.2, -0.15) is 0 Å². The molecule has 2 rings (SSSR count). The summed E-state index contributed by atoms with van der Waals surface area (Å²) in [5.41, 5.74) is 2.14. The molecule has 0 unspecified atom stereocenters. The van der Waals surface area contributed by atoms with Gasteiger partial charge in [-0.25, -0.2) is 0 Å². The van der Waals surface area contributed by atoms with Crippen LogP contribution in [-0.4, -0.2) is 13.2 Å². The van der Waals surface area contributed by atoms with E-state index >= 15 is 0 Å². The van der Waals surface area contributed by atoms with Crippen LogP contribution in [0.1, 0.15) is 5.56 Å². The van der Waals surface area contributed by atoms with Crippen molar-refractivity contribution < 1.29 is 4.74 Å². The van der Waals surface area contributed by atoms with Crippen LogP contribution in [0.5, 0.6) is 5.75 Å². The van der Waals surface area contributed by atoms with Crippen molar-refractivity contribution in [1.29, 1.82) is 0 Å². The average molecular weight is 251 g/mol. The van der Waals surface area contributed by atoms with Crippen molar-refractivity contribution in [2.45, 2.75) is 12.5 Å². The number of benzene rings is 2. The van der Waals surface area contributed by atoms with Crippen molar-refractivity contribution in [3.8, 4) is 18.1 Å². The van der Waals surface area contributed by atoms with Gasteiger partial charge in [-0.05, 0) is 17.7 Å². The smallest absolute Gasteiger partial charge is 0.141 e. The molecule has 0 saturated carbocycles. The van der Waals surface area contributed by atoms with Crippen molar-refractivity contribution >= 4 is 5.69 Å². The fourth-order valence-electron chi connectivity index (χ4n) is 1.95. The first-order chi connectivity index (χ1) is 9.33. The number of methoxy groups -OCH3 is 1. The molecule has 0 aliphatic carbocycles. The summed E-state index contributed by atoms with van der Waals surface area (Å²) in [5, 5.41) is 3.34. The Kier molecular flexibility index (Phi) is 4.47. The Morgan fingerprint density at radius 3 is 2.47 bits per heavy atom. The van der Waals surface area contributed by atoms with Crippen LogP contribution in [0.4, 0.5) is 5.69 Å². The number of nitrogens with one attached hydrogen (secondary N) is 1. The third-order valence-electron chi connectivity index (χ3n) is 2.92. The van der Waals surface area contributed by atoms with Gasteiger partial charge in [0, 0.05) is 6.42 Å². The molecule has 1 N–H and O–H groups in total. The first kappa shape index (κ1) is 13.0. The Bertz CT molecular complexity index is 557. The molecular formula is C17H17NO. The Labute approximate surface area is 114 Å². The quantitative estimate of drug-likeness (QED) is 0.823. The molecule has 2 heteroatoms. The van der Waals surface area contributed by atoms with Crippen LogP contribution in [0.15, 0.2) is 54.6 Å². The summed E-state index contributed by atoms with van der Waals surface area (Å²) in [5.74, 6) is 3.59. The van der Waals surface area contributed by atoms with Gasteiger partial charge in [0.2, 0.25) is 0 Å². The van der Waals surface area contributed by atoms with Gasteiger partial charge < -0.3 is 10.1 Å². The van der Waals surface area contributed by atoms with Gasteiger partial charge in [0.05, 0.1) is 18.8 Å². The molecule has 0 heterocycles. The summed E-state index contributed by atoms with van der Waals surface area (Å²) in [7, 11) is 1.66. The summed E-state index contributed by atoms with van der Waals surface area (Å²) >= 11 is 0. The molecule has 0 fully saturated rings. The van der Waals surface area contributed by atoms with Crippen molar-refractivity contribution in [2.75, 3.05) is 12.4 Å². The highest BCUT2D eigenvalue weighted by Crippen LogP contribution is 2.24. The van der Waals surface area contributed by atoms with Crippen LogP contribution in [0.25, 0.3) is 0 Å². The second-order valence-electron chi connectivity index (χ2n) is 4.25. The minimum absolute atomic E-state index is 0.0568. The van der Waals surface area contributed by atoms with Crippen LogP contribution in [0.2, 0.25) is 0 Å². The molecule has 1 atom stereocenters. The molecule has 0 aliphatic heterocycles. The monoisotopic (exact) mass is 251 g/mol. The second kappa shape index (κ2) is 6.51. The summed E-state index contributed by atoms with van der Waals surface area (Å²) in [6, 6.07) is 17.9. The SMILES string of the molecule is C#C[C@H](Cc1ccccc1)Nc1ccccc1OC.